The number of likely N-dealkylation sites (N-methyl/N-ethyl adjacent to an activating group) is 1. The number of nitrogens with two attached hydrogens (primary N) is 1. The van der Waals surface area contributed by atoms with E-state index in [2.05, 4.69) is 25.8 Å². The third kappa shape index (κ3) is 3.19. The third-order valence-corrected chi connectivity index (χ3v) is 4.28. The number of piperazine rings is 1. The van der Waals surface area contributed by atoms with E-state index in [-0.39, 0.29) is 5.91 Å². The summed E-state index contributed by atoms with van der Waals surface area (Å²) < 4.78 is 0. The van der Waals surface area contributed by atoms with Crippen LogP contribution in [-0.4, -0.2) is 54.5 Å². The van der Waals surface area contributed by atoms with Gasteiger partial charge in [0.2, 0.25) is 0 Å². The highest BCUT2D eigenvalue weighted by atomic mass is 16.2. The molecule has 2 N–H and O–H groups in total. The number of carbonyl (C=O) groups excluding carboxylic acids is 1. The molecule has 4 heteroatoms. The van der Waals surface area contributed by atoms with Crippen LogP contribution in [0.1, 0.15) is 29.8 Å². The molecule has 110 valence electrons. The van der Waals surface area contributed by atoms with Gasteiger partial charge in [0.15, 0.2) is 0 Å². The molecule has 1 saturated heterocycles. The zero-order valence-electron chi connectivity index (χ0n) is 12.7. The number of rotatable bonds is 3. The molecule has 1 aromatic rings. The van der Waals surface area contributed by atoms with E-state index in [1.807, 2.05) is 29.2 Å². The van der Waals surface area contributed by atoms with Gasteiger partial charge in [-0.05, 0) is 51.6 Å². The number of nitrogens with zero attached hydrogens (tertiary/aromatic N) is 2. The molecule has 0 spiro atoms. The summed E-state index contributed by atoms with van der Waals surface area (Å²) in [4.78, 5) is 16.8. The Hall–Kier alpha value is -1.39. The smallest absolute Gasteiger partial charge is 0.253 e. The Morgan fingerprint density at radius 3 is 2.25 bits per heavy atom. The number of amides is 1. The summed E-state index contributed by atoms with van der Waals surface area (Å²) in [6, 6.07) is 8.65. The summed E-state index contributed by atoms with van der Waals surface area (Å²) in [6.45, 7) is 6.57. The SMILES string of the molecule is CC1CN(C(=O)c2ccc(CCN)cc2)CC(C)N1C. The van der Waals surface area contributed by atoms with Crippen molar-refractivity contribution in [2.75, 3.05) is 26.7 Å². The zero-order valence-corrected chi connectivity index (χ0v) is 12.7. The Morgan fingerprint density at radius 2 is 1.75 bits per heavy atom. The Morgan fingerprint density at radius 1 is 1.20 bits per heavy atom. The third-order valence-electron chi connectivity index (χ3n) is 4.28. The first-order chi connectivity index (χ1) is 9.52. The van der Waals surface area contributed by atoms with Gasteiger partial charge in [-0.15, -0.1) is 0 Å². The number of hydrogen-bond acceptors (Lipinski definition) is 3. The molecule has 1 amide bonds. The van der Waals surface area contributed by atoms with Crippen molar-refractivity contribution in [2.24, 2.45) is 5.73 Å². The molecule has 1 fully saturated rings. The molecule has 4 nitrogen and oxygen atoms in total. The highest BCUT2D eigenvalue weighted by molar-refractivity contribution is 5.94. The molecule has 2 unspecified atom stereocenters. The largest absolute Gasteiger partial charge is 0.336 e. The van der Waals surface area contributed by atoms with E-state index in [4.69, 9.17) is 5.73 Å². The summed E-state index contributed by atoms with van der Waals surface area (Å²) in [5.41, 5.74) is 7.50. The van der Waals surface area contributed by atoms with Crippen molar-refractivity contribution in [1.29, 1.82) is 0 Å². The highest BCUT2D eigenvalue weighted by Gasteiger charge is 2.29. The normalized spacial score (nSPS) is 23.9. The second-order valence-corrected chi connectivity index (χ2v) is 5.81. The molecule has 2 atom stereocenters. The maximum absolute atomic E-state index is 12.5. The molecule has 1 aliphatic heterocycles. The van der Waals surface area contributed by atoms with E-state index in [1.165, 1.54) is 5.56 Å². The lowest BCUT2D eigenvalue weighted by Gasteiger charge is -2.42. The van der Waals surface area contributed by atoms with Crippen molar-refractivity contribution in [1.82, 2.24) is 9.80 Å². The van der Waals surface area contributed by atoms with E-state index in [0.717, 1.165) is 25.1 Å². The van der Waals surface area contributed by atoms with Crippen LogP contribution in [0.3, 0.4) is 0 Å². The van der Waals surface area contributed by atoms with E-state index >= 15 is 0 Å². The lowest BCUT2D eigenvalue weighted by molar-refractivity contribution is 0.0414. The van der Waals surface area contributed by atoms with Crippen LogP contribution in [0.25, 0.3) is 0 Å². The monoisotopic (exact) mass is 275 g/mol. The van der Waals surface area contributed by atoms with Gasteiger partial charge in [0.25, 0.3) is 5.91 Å². The van der Waals surface area contributed by atoms with Crippen LogP contribution in [0.4, 0.5) is 0 Å². The second-order valence-electron chi connectivity index (χ2n) is 5.81. The van der Waals surface area contributed by atoms with Gasteiger partial charge in [-0.25, -0.2) is 0 Å². The molecule has 0 aromatic heterocycles. The standard InChI is InChI=1S/C16H25N3O/c1-12-10-19(11-13(2)18(12)3)16(20)15-6-4-14(5-7-15)8-9-17/h4-7,12-13H,8-11,17H2,1-3H3. The van der Waals surface area contributed by atoms with Crippen LogP contribution in [0, 0.1) is 0 Å². The number of carbonyl (C=O) groups is 1. The first-order valence-electron chi connectivity index (χ1n) is 7.33. The fraction of sp³-hybridized carbons (Fsp3) is 0.562. The van der Waals surface area contributed by atoms with Gasteiger partial charge in [-0.3, -0.25) is 9.69 Å². The minimum Gasteiger partial charge on any atom is -0.336 e. The zero-order chi connectivity index (χ0) is 14.7. The van der Waals surface area contributed by atoms with E-state index in [1.54, 1.807) is 0 Å². The van der Waals surface area contributed by atoms with Crippen LogP contribution < -0.4 is 5.73 Å². The van der Waals surface area contributed by atoms with Gasteiger partial charge in [0.1, 0.15) is 0 Å². The van der Waals surface area contributed by atoms with E-state index in [9.17, 15) is 4.79 Å². The van der Waals surface area contributed by atoms with E-state index in [0.29, 0.717) is 18.6 Å². The predicted octanol–water partition coefficient (Wildman–Crippen LogP) is 1.35. The molecular weight excluding hydrogens is 250 g/mol. The summed E-state index contributed by atoms with van der Waals surface area (Å²) in [5, 5.41) is 0. The quantitative estimate of drug-likeness (QED) is 0.906. The molecule has 1 aliphatic rings. The minimum atomic E-state index is 0.135. The molecule has 0 radical (unpaired) electrons. The fourth-order valence-corrected chi connectivity index (χ4v) is 2.73. The van der Waals surface area contributed by atoms with Crippen molar-refractivity contribution >= 4 is 5.91 Å². The number of hydrogen-bond donors (Lipinski definition) is 1. The van der Waals surface area contributed by atoms with Gasteiger partial charge < -0.3 is 10.6 Å². The van der Waals surface area contributed by atoms with Crippen molar-refractivity contribution in [3.05, 3.63) is 35.4 Å². The van der Waals surface area contributed by atoms with Crippen LogP contribution >= 0.6 is 0 Å². The van der Waals surface area contributed by atoms with E-state index < -0.39 is 0 Å². The molecule has 1 aromatic carbocycles. The summed E-state index contributed by atoms with van der Waals surface area (Å²) in [6.07, 6.45) is 0.858. The fourth-order valence-electron chi connectivity index (χ4n) is 2.73. The minimum absolute atomic E-state index is 0.135. The van der Waals surface area contributed by atoms with Crippen molar-refractivity contribution < 1.29 is 4.79 Å². The Labute approximate surface area is 121 Å². The van der Waals surface area contributed by atoms with Crippen LogP contribution in [0.15, 0.2) is 24.3 Å². The Kier molecular flexibility index (Phi) is 4.78. The van der Waals surface area contributed by atoms with Crippen LogP contribution in [0.2, 0.25) is 0 Å². The average Bonchev–Trinajstić information content (AvgIpc) is 2.44. The van der Waals surface area contributed by atoms with Gasteiger partial charge in [-0.2, -0.15) is 0 Å². The van der Waals surface area contributed by atoms with Crippen LogP contribution in [0.5, 0.6) is 0 Å². The molecule has 20 heavy (non-hydrogen) atoms. The van der Waals surface area contributed by atoms with Gasteiger partial charge in [-0.1, -0.05) is 12.1 Å². The topological polar surface area (TPSA) is 49.6 Å². The van der Waals surface area contributed by atoms with Gasteiger partial charge in [0, 0.05) is 30.7 Å². The van der Waals surface area contributed by atoms with Crippen molar-refractivity contribution in [3.8, 4) is 0 Å². The van der Waals surface area contributed by atoms with Gasteiger partial charge >= 0.3 is 0 Å². The molecule has 0 saturated carbocycles. The first-order valence-corrected chi connectivity index (χ1v) is 7.33. The molecule has 0 aliphatic carbocycles. The maximum atomic E-state index is 12.5. The Bertz CT molecular complexity index is 445. The Balaban J connectivity index is 2.07. The van der Waals surface area contributed by atoms with Gasteiger partial charge in [0.05, 0.1) is 0 Å². The average molecular weight is 275 g/mol. The molecule has 0 bridgehead atoms. The highest BCUT2D eigenvalue weighted by Crippen LogP contribution is 2.16. The lowest BCUT2D eigenvalue weighted by atomic mass is 10.1. The lowest BCUT2D eigenvalue weighted by Crippen LogP contribution is -2.56. The summed E-state index contributed by atoms with van der Waals surface area (Å²) in [5.74, 6) is 0.135. The molecule has 1 heterocycles. The van der Waals surface area contributed by atoms with Crippen molar-refractivity contribution in [2.45, 2.75) is 32.4 Å². The molecular formula is C16H25N3O. The second kappa shape index (κ2) is 6.37. The predicted molar refractivity (Wildman–Crippen MR) is 81.8 cm³/mol. The van der Waals surface area contributed by atoms with Crippen molar-refractivity contribution in [3.63, 3.8) is 0 Å². The van der Waals surface area contributed by atoms with Crippen LogP contribution in [-0.2, 0) is 6.42 Å². The number of benzene rings is 1. The molecule has 2 rings (SSSR count). The first kappa shape index (κ1) is 15.0. The maximum Gasteiger partial charge on any atom is 0.253 e. The summed E-state index contributed by atoms with van der Waals surface area (Å²) in [7, 11) is 2.12. The summed E-state index contributed by atoms with van der Waals surface area (Å²) >= 11 is 0.